The first kappa shape index (κ1) is 23.5. The fraction of sp³-hybridized carbons (Fsp3) is 0.192. The summed E-state index contributed by atoms with van der Waals surface area (Å²) in [4.78, 5) is 24.0. The number of carbonyl (C=O) groups is 2. The molecular formula is C26H27N3O4. The number of hydrazone groups is 1. The number of benzene rings is 3. The van der Waals surface area contributed by atoms with Crippen molar-refractivity contribution in [2.75, 3.05) is 11.9 Å². The maximum Gasteiger partial charge on any atom is 0.240 e. The van der Waals surface area contributed by atoms with E-state index >= 15 is 0 Å². The van der Waals surface area contributed by atoms with Crippen LogP contribution in [0.4, 0.5) is 5.69 Å². The molecule has 170 valence electrons. The van der Waals surface area contributed by atoms with Gasteiger partial charge in [-0.05, 0) is 66.6 Å². The first-order valence-corrected chi connectivity index (χ1v) is 10.7. The van der Waals surface area contributed by atoms with Gasteiger partial charge in [0.15, 0.2) is 0 Å². The van der Waals surface area contributed by atoms with Crippen LogP contribution in [-0.2, 0) is 16.2 Å². The first-order chi connectivity index (χ1) is 16.1. The summed E-state index contributed by atoms with van der Waals surface area (Å²) >= 11 is 0. The van der Waals surface area contributed by atoms with Crippen LogP contribution < -0.4 is 20.2 Å². The highest BCUT2D eigenvalue weighted by molar-refractivity contribution is 5.93. The quantitative estimate of drug-likeness (QED) is 0.335. The van der Waals surface area contributed by atoms with E-state index in [1.165, 1.54) is 0 Å². The molecule has 2 amide bonds. The van der Waals surface area contributed by atoms with Crippen molar-refractivity contribution in [2.24, 2.45) is 5.10 Å². The molecule has 0 aromatic heterocycles. The topological polar surface area (TPSA) is 89.0 Å². The van der Waals surface area contributed by atoms with Crippen LogP contribution in [0.15, 0.2) is 84.0 Å². The second kappa shape index (κ2) is 12.7. The zero-order valence-electron chi connectivity index (χ0n) is 18.5. The molecule has 33 heavy (non-hydrogen) atoms. The number of hydrogen-bond acceptors (Lipinski definition) is 5. The number of rotatable bonds is 11. The minimum Gasteiger partial charge on any atom is -0.494 e. The molecule has 0 saturated carbocycles. The molecule has 3 rings (SSSR count). The molecule has 3 aromatic carbocycles. The van der Waals surface area contributed by atoms with E-state index in [1.54, 1.807) is 30.5 Å². The van der Waals surface area contributed by atoms with Crippen LogP contribution in [0.25, 0.3) is 0 Å². The summed E-state index contributed by atoms with van der Waals surface area (Å²) < 4.78 is 11.1. The summed E-state index contributed by atoms with van der Waals surface area (Å²) in [5, 5.41) is 6.69. The van der Waals surface area contributed by atoms with E-state index < -0.39 is 0 Å². The Balaban J connectivity index is 1.35. The molecule has 7 heteroatoms. The van der Waals surface area contributed by atoms with Gasteiger partial charge in [-0.25, -0.2) is 5.43 Å². The molecule has 0 aliphatic carbocycles. The summed E-state index contributed by atoms with van der Waals surface area (Å²) in [7, 11) is 0. The van der Waals surface area contributed by atoms with Crippen LogP contribution >= 0.6 is 0 Å². The smallest absolute Gasteiger partial charge is 0.240 e. The average Bonchev–Trinajstić information content (AvgIpc) is 2.84. The Labute approximate surface area is 193 Å². The van der Waals surface area contributed by atoms with Crippen molar-refractivity contribution in [1.82, 2.24) is 5.43 Å². The Hall–Kier alpha value is -4.13. The number of ether oxygens (including phenoxy) is 2. The number of amides is 2. The summed E-state index contributed by atoms with van der Waals surface area (Å²) in [5.41, 5.74) is 5.00. The van der Waals surface area contributed by atoms with E-state index in [4.69, 9.17) is 9.47 Å². The molecule has 0 atom stereocenters. The van der Waals surface area contributed by atoms with Gasteiger partial charge in [0.25, 0.3) is 0 Å². The molecule has 0 fully saturated rings. The van der Waals surface area contributed by atoms with Crippen LogP contribution in [0, 0.1) is 0 Å². The van der Waals surface area contributed by atoms with Gasteiger partial charge in [0.1, 0.15) is 18.1 Å². The highest BCUT2D eigenvalue weighted by atomic mass is 16.5. The van der Waals surface area contributed by atoms with E-state index in [1.807, 2.05) is 61.5 Å². The Morgan fingerprint density at radius 3 is 2.15 bits per heavy atom. The summed E-state index contributed by atoms with van der Waals surface area (Å²) in [6.07, 6.45) is 1.63. The van der Waals surface area contributed by atoms with Crippen molar-refractivity contribution in [3.05, 3.63) is 90.0 Å². The van der Waals surface area contributed by atoms with Crippen molar-refractivity contribution in [3.63, 3.8) is 0 Å². The maximum atomic E-state index is 12.0. The lowest BCUT2D eigenvalue weighted by Crippen LogP contribution is -2.20. The molecule has 0 bridgehead atoms. The lowest BCUT2D eigenvalue weighted by atomic mass is 10.2. The van der Waals surface area contributed by atoms with Crippen molar-refractivity contribution in [1.29, 1.82) is 0 Å². The summed E-state index contributed by atoms with van der Waals surface area (Å²) in [6, 6.07) is 24.4. The Kier molecular flexibility index (Phi) is 9.03. The van der Waals surface area contributed by atoms with Gasteiger partial charge < -0.3 is 14.8 Å². The fourth-order valence-electron chi connectivity index (χ4n) is 2.88. The van der Waals surface area contributed by atoms with Crippen LogP contribution in [0.1, 0.15) is 30.9 Å². The number of nitrogens with one attached hydrogen (secondary N) is 2. The normalized spacial score (nSPS) is 10.6. The van der Waals surface area contributed by atoms with Crippen molar-refractivity contribution in [3.8, 4) is 11.5 Å². The van der Waals surface area contributed by atoms with Gasteiger partial charge in [-0.2, -0.15) is 5.10 Å². The van der Waals surface area contributed by atoms with E-state index in [9.17, 15) is 9.59 Å². The van der Waals surface area contributed by atoms with Crippen molar-refractivity contribution >= 4 is 23.7 Å². The van der Waals surface area contributed by atoms with E-state index in [-0.39, 0.29) is 24.7 Å². The van der Waals surface area contributed by atoms with Gasteiger partial charge in [-0.15, -0.1) is 0 Å². The molecule has 0 aliphatic rings. The minimum atomic E-state index is -0.337. The number of hydrogen-bond donors (Lipinski definition) is 2. The third kappa shape index (κ3) is 8.49. The predicted octanol–water partition coefficient (Wildman–Crippen LogP) is 4.53. The first-order valence-electron chi connectivity index (χ1n) is 10.7. The standard InChI is InChI=1S/C26H27N3O4/c1-2-32-23-14-10-22(11-15-23)28-25(30)16-17-26(31)29-27-18-20-8-12-24(13-9-20)33-19-21-6-4-3-5-7-21/h3-15,18H,2,16-17,19H2,1H3,(H,28,30)(H,29,31)/b27-18+. The lowest BCUT2D eigenvalue weighted by Gasteiger charge is -2.07. The van der Waals surface area contributed by atoms with Crippen LogP contribution in [0.2, 0.25) is 0 Å². The number of anilines is 1. The average molecular weight is 446 g/mol. The molecule has 0 radical (unpaired) electrons. The zero-order valence-corrected chi connectivity index (χ0v) is 18.5. The predicted molar refractivity (Wildman–Crippen MR) is 128 cm³/mol. The summed E-state index contributed by atoms with van der Waals surface area (Å²) in [5.74, 6) is 0.904. The molecular weight excluding hydrogens is 418 g/mol. The van der Waals surface area contributed by atoms with Gasteiger partial charge in [-0.1, -0.05) is 30.3 Å². The third-order valence-electron chi connectivity index (χ3n) is 4.56. The van der Waals surface area contributed by atoms with E-state index in [2.05, 4.69) is 15.8 Å². The van der Waals surface area contributed by atoms with Gasteiger partial charge in [0.05, 0.1) is 12.8 Å². The fourth-order valence-corrected chi connectivity index (χ4v) is 2.88. The molecule has 0 aliphatic heterocycles. The van der Waals surface area contributed by atoms with Gasteiger partial charge >= 0.3 is 0 Å². The van der Waals surface area contributed by atoms with Crippen molar-refractivity contribution in [2.45, 2.75) is 26.4 Å². The Morgan fingerprint density at radius 2 is 1.45 bits per heavy atom. The highest BCUT2D eigenvalue weighted by Gasteiger charge is 2.07. The van der Waals surface area contributed by atoms with E-state index in [0.29, 0.717) is 18.9 Å². The van der Waals surface area contributed by atoms with Crippen molar-refractivity contribution < 1.29 is 19.1 Å². The molecule has 0 spiro atoms. The monoisotopic (exact) mass is 445 g/mol. The Bertz CT molecular complexity index is 1050. The molecule has 7 nitrogen and oxygen atoms in total. The maximum absolute atomic E-state index is 12.0. The highest BCUT2D eigenvalue weighted by Crippen LogP contribution is 2.16. The van der Waals surface area contributed by atoms with Crippen LogP contribution in [-0.4, -0.2) is 24.6 Å². The molecule has 2 N–H and O–H groups in total. The third-order valence-corrected chi connectivity index (χ3v) is 4.56. The van der Waals surface area contributed by atoms with E-state index in [0.717, 1.165) is 22.6 Å². The molecule has 0 saturated heterocycles. The van der Waals surface area contributed by atoms with Crippen LogP contribution in [0.3, 0.4) is 0 Å². The number of carbonyl (C=O) groups excluding carboxylic acids is 2. The zero-order chi connectivity index (χ0) is 23.3. The van der Waals surface area contributed by atoms with Gasteiger partial charge in [0.2, 0.25) is 11.8 Å². The number of nitrogens with zero attached hydrogens (tertiary/aromatic N) is 1. The molecule has 0 unspecified atom stereocenters. The lowest BCUT2D eigenvalue weighted by molar-refractivity contribution is -0.124. The second-order valence-electron chi connectivity index (χ2n) is 7.14. The summed E-state index contributed by atoms with van der Waals surface area (Å²) in [6.45, 7) is 2.98. The van der Waals surface area contributed by atoms with Crippen LogP contribution in [0.5, 0.6) is 11.5 Å². The SMILES string of the molecule is CCOc1ccc(NC(=O)CCC(=O)N/N=C/c2ccc(OCc3ccccc3)cc2)cc1. The second-order valence-corrected chi connectivity index (χ2v) is 7.14. The molecule has 3 aromatic rings. The largest absolute Gasteiger partial charge is 0.494 e. The minimum absolute atomic E-state index is 0.0342. The Morgan fingerprint density at radius 1 is 0.818 bits per heavy atom. The molecule has 0 heterocycles. The van der Waals surface area contributed by atoms with Gasteiger partial charge in [-0.3, -0.25) is 9.59 Å². The van der Waals surface area contributed by atoms with Gasteiger partial charge in [0, 0.05) is 18.5 Å².